The first-order valence-electron chi connectivity index (χ1n) is 16.9. The Labute approximate surface area is 326 Å². The summed E-state index contributed by atoms with van der Waals surface area (Å²) in [7, 11) is 1.26. The lowest BCUT2D eigenvalue weighted by atomic mass is 9.99. The number of carboxylic acid groups (broad SMARTS) is 1. The van der Waals surface area contributed by atoms with Crippen LogP contribution in [0.15, 0.2) is 42.4 Å². The number of ether oxygens (including phenoxy) is 7. The van der Waals surface area contributed by atoms with Gasteiger partial charge in [-0.2, -0.15) is 0 Å². The molecule has 0 bridgehead atoms. The molecule has 20 heteroatoms. The van der Waals surface area contributed by atoms with Gasteiger partial charge in [-0.1, -0.05) is 35.3 Å². The molecule has 0 spiro atoms. The number of nitrogens with one attached hydrogen (secondary N) is 3. The number of carbonyl (C=O) groups is 4. The van der Waals surface area contributed by atoms with E-state index in [1.54, 1.807) is 31.2 Å². The summed E-state index contributed by atoms with van der Waals surface area (Å²) in [4.78, 5) is 48.1. The minimum absolute atomic E-state index is 0.0126. The van der Waals surface area contributed by atoms with Crippen molar-refractivity contribution < 1.29 is 72.8 Å². The summed E-state index contributed by atoms with van der Waals surface area (Å²) in [5, 5.41) is 46.4. The normalized spacial score (nSPS) is 18.7. The number of methoxy groups -OCH3 is 1. The van der Waals surface area contributed by atoms with Crippen LogP contribution in [0.4, 0.5) is 0 Å². The van der Waals surface area contributed by atoms with Gasteiger partial charge in [-0.3, -0.25) is 14.4 Å². The highest BCUT2D eigenvalue weighted by Crippen LogP contribution is 2.38. The highest BCUT2D eigenvalue weighted by atomic mass is 35.5. The molecule has 1 aliphatic rings. The lowest BCUT2D eigenvalue weighted by molar-refractivity contribution is -0.191. The van der Waals surface area contributed by atoms with Gasteiger partial charge in [0.1, 0.15) is 44.3 Å². The van der Waals surface area contributed by atoms with Gasteiger partial charge in [0, 0.05) is 31.3 Å². The molecule has 0 radical (unpaired) electrons. The van der Waals surface area contributed by atoms with Crippen molar-refractivity contribution in [2.75, 3.05) is 73.1 Å². The minimum atomic E-state index is -1.62. The number of carboxylic acids is 1. The van der Waals surface area contributed by atoms with Gasteiger partial charge in [-0.05, 0) is 36.2 Å². The van der Waals surface area contributed by atoms with E-state index >= 15 is 0 Å². The van der Waals surface area contributed by atoms with Gasteiger partial charge in [-0.15, -0.1) is 0 Å². The minimum Gasteiger partial charge on any atom is -0.512 e. The molecular formula is C35H45Cl2N3O15. The fourth-order valence-corrected chi connectivity index (χ4v) is 5.49. The zero-order chi connectivity index (χ0) is 40.3. The maximum atomic E-state index is 13.2. The Balaban J connectivity index is 1.38. The van der Waals surface area contributed by atoms with Gasteiger partial charge in [-0.25, -0.2) is 4.79 Å². The summed E-state index contributed by atoms with van der Waals surface area (Å²) in [6.07, 6.45) is -3.94. The van der Waals surface area contributed by atoms with Gasteiger partial charge in [0.05, 0.1) is 49.7 Å². The summed E-state index contributed by atoms with van der Waals surface area (Å²) in [5.74, 6) is -2.68. The third kappa shape index (κ3) is 14.4. The van der Waals surface area contributed by atoms with E-state index in [1.165, 1.54) is 13.2 Å². The van der Waals surface area contributed by atoms with Crippen LogP contribution >= 0.6 is 23.2 Å². The lowest BCUT2D eigenvalue weighted by Crippen LogP contribution is -2.60. The zero-order valence-electron chi connectivity index (χ0n) is 30.1. The van der Waals surface area contributed by atoms with Crippen molar-refractivity contribution in [3.63, 3.8) is 0 Å². The number of amides is 3. The molecule has 2 aromatic rings. The van der Waals surface area contributed by atoms with Gasteiger partial charge in [0.25, 0.3) is 11.8 Å². The monoisotopic (exact) mass is 817 g/mol. The maximum absolute atomic E-state index is 13.2. The fraction of sp³-hybridized carbons (Fsp3) is 0.486. The number of aliphatic hydroxyl groups excluding tert-OH is 3. The van der Waals surface area contributed by atoms with Crippen LogP contribution in [-0.2, 0) is 44.6 Å². The quantitative estimate of drug-likeness (QED) is 0.0613. The summed E-state index contributed by atoms with van der Waals surface area (Å²) in [6, 6.07) is 6.79. The molecule has 1 fully saturated rings. The topological polar surface area (TPSA) is 250 Å². The molecule has 18 nitrogen and oxygen atoms in total. The molecule has 0 unspecified atom stereocenters. The second kappa shape index (κ2) is 23.6. The number of halogens is 2. The van der Waals surface area contributed by atoms with E-state index < -0.39 is 43.0 Å². The summed E-state index contributed by atoms with van der Waals surface area (Å²) in [5.41, 5.74) is 1.35. The molecular weight excluding hydrogens is 773 g/mol. The maximum Gasteiger partial charge on any atom is 0.329 e. The lowest BCUT2D eigenvalue weighted by Gasteiger charge is -2.38. The van der Waals surface area contributed by atoms with Gasteiger partial charge in [0.2, 0.25) is 12.2 Å². The second-order valence-electron chi connectivity index (χ2n) is 11.7. The Morgan fingerprint density at radius 3 is 2.20 bits per heavy atom. The first-order valence-corrected chi connectivity index (χ1v) is 17.6. The smallest absolute Gasteiger partial charge is 0.329 e. The number of carbonyl (C=O) groups excluding carboxylic acids is 3. The van der Waals surface area contributed by atoms with Gasteiger partial charge in [0.15, 0.2) is 11.5 Å². The van der Waals surface area contributed by atoms with E-state index in [1.807, 2.05) is 0 Å². The second-order valence-corrected chi connectivity index (χ2v) is 12.5. The molecule has 3 rings (SSSR count). The number of hydrogen-bond acceptors (Lipinski definition) is 14. The Kier molecular flexibility index (Phi) is 19.4. The number of rotatable bonds is 23. The van der Waals surface area contributed by atoms with Gasteiger partial charge >= 0.3 is 5.97 Å². The van der Waals surface area contributed by atoms with Crippen LogP contribution in [0.1, 0.15) is 31.8 Å². The highest BCUT2D eigenvalue weighted by molar-refractivity contribution is 6.38. The first-order chi connectivity index (χ1) is 26.4. The SMILES string of the molecule is CO[C@H]1O/C(=C/O)[C@@H](O)[C@H](O)[C@H]1NC(=O)c1cc(Cl)c(OCc2cccc(C(=O)NCCOCCOCC(=O)NCCOCCOCC(=O)O)c2)c(Cl)c1C. The molecule has 4 atom stereocenters. The molecule has 0 aliphatic carbocycles. The van der Waals surface area contributed by atoms with Crippen molar-refractivity contribution in [2.24, 2.45) is 0 Å². The molecule has 1 heterocycles. The molecule has 0 aromatic heterocycles. The van der Waals surface area contributed by atoms with Crippen molar-refractivity contribution in [2.45, 2.75) is 38.1 Å². The molecule has 304 valence electrons. The third-order valence-electron chi connectivity index (χ3n) is 7.73. The van der Waals surface area contributed by atoms with Crippen LogP contribution in [0.2, 0.25) is 10.0 Å². The van der Waals surface area contributed by atoms with Crippen molar-refractivity contribution in [3.05, 3.63) is 74.7 Å². The Hall–Kier alpha value is -4.24. The van der Waals surface area contributed by atoms with Crippen molar-refractivity contribution >= 4 is 46.9 Å². The Morgan fingerprint density at radius 1 is 0.891 bits per heavy atom. The summed E-state index contributed by atoms with van der Waals surface area (Å²) in [6.45, 7) is 2.60. The van der Waals surface area contributed by atoms with Crippen LogP contribution in [0.25, 0.3) is 0 Å². The first kappa shape index (κ1) is 45.2. The van der Waals surface area contributed by atoms with Crippen LogP contribution < -0.4 is 20.7 Å². The van der Waals surface area contributed by atoms with E-state index in [-0.39, 0.29) is 105 Å². The molecule has 1 saturated heterocycles. The number of benzene rings is 2. The van der Waals surface area contributed by atoms with Crippen LogP contribution in [0.5, 0.6) is 5.75 Å². The molecule has 7 N–H and O–H groups in total. The van der Waals surface area contributed by atoms with Gasteiger partial charge < -0.3 is 69.5 Å². The van der Waals surface area contributed by atoms with E-state index in [0.717, 1.165) is 0 Å². The van der Waals surface area contributed by atoms with E-state index in [9.17, 15) is 34.5 Å². The molecule has 3 amide bonds. The average Bonchev–Trinajstić information content (AvgIpc) is 3.16. The summed E-state index contributed by atoms with van der Waals surface area (Å²) < 4.78 is 37.1. The largest absolute Gasteiger partial charge is 0.512 e. The van der Waals surface area contributed by atoms with Crippen molar-refractivity contribution in [1.29, 1.82) is 0 Å². The zero-order valence-corrected chi connectivity index (χ0v) is 31.6. The fourth-order valence-electron chi connectivity index (χ4n) is 4.92. The van der Waals surface area contributed by atoms with Crippen LogP contribution in [0, 0.1) is 6.92 Å². The van der Waals surface area contributed by atoms with Crippen molar-refractivity contribution in [1.82, 2.24) is 16.0 Å². The predicted octanol–water partition coefficient (Wildman–Crippen LogP) is 1.10. The third-order valence-corrected chi connectivity index (χ3v) is 8.46. The summed E-state index contributed by atoms with van der Waals surface area (Å²) >= 11 is 13.0. The van der Waals surface area contributed by atoms with Crippen LogP contribution in [-0.4, -0.2) is 142 Å². The van der Waals surface area contributed by atoms with Crippen LogP contribution in [0.3, 0.4) is 0 Å². The molecule has 0 saturated carbocycles. The standard InChI is InChI=1S/C35H45Cl2N3O15/c1-20-23(34(48)40-29-31(46)30(45)25(16-41)55-35(29)49-2)15-24(36)32(28(20)37)54-17-21-4-3-5-22(14-21)33(47)39-7-9-51-10-12-52-18-26(42)38-6-8-50-11-13-53-19-27(43)44/h3-5,14-16,29-31,35,41,45-46H,6-13,17-19H2,1-2H3,(H,38,42)(H,39,47)(H,40,48)(H,43,44)/b25-16+/t29-,30-,31-,35+/m1/s1. The molecule has 55 heavy (non-hydrogen) atoms. The number of aliphatic carboxylic acids is 1. The Bertz CT molecular complexity index is 1630. The molecule has 2 aromatic carbocycles. The number of hydrogen-bond donors (Lipinski definition) is 7. The van der Waals surface area contributed by atoms with Crippen molar-refractivity contribution in [3.8, 4) is 5.75 Å². The van der Waals surface area contributed by atoms with E-state index in [2.05, 4.69) is 16.0 Å². The van der Waals surface area contributed by atoms with E-state index in [0.29, 0.717) is 23.0 Å². The number of aliphatic hydroxyl groups is 3. The highest BCUT2D eigenvalue weighted by Gasteiger charge is 2.44. The van der Waals surface area contributed by atoms with E-state index in [4.69, 9.17) is 61.5 Å². The Morgan fingerprint density at radius 2 is 1.55 bits per heavy atom. The predicted molar refractivity (Wildman–Crippen MR) is 194 cm³/mol. The average molecular weight is 819 g/mol. The molecule has 1 aliphatic heterocycles.